The Bertz CT molecular complexity index is 1290. The van der Waals surface area contributed by atoms with Crippen LogP contribution < -0.4 is 4.90 Å². The van der Waals surface area contributed by atoms with Crippen molar-refractivity contribution in [2.45, 2.75) is 24.9 Å². The lowest BCUT2D eigenvalue weighted by Gasteiger charge is -2.46. The first-order valence-electron chi connectivity index (χ1n) is 10.5. The van der Waals surface area contributed by atoms with Crippen LogP contribution in [0.3, 0.4) is 0 Å². The summed E-state index contributed by atoms with van der Waals surface area (Å²) in [5, 5.41) is 8.72. The summed E-state index contributed by atoms with van der Waals surface area (Å²) < 4.78 is 9.55. The standard InChI is InChI=1S/C22H20N8O/c1-14-9-22(14)20-27-25-13-29(20)17-10-24-21(26-19(17)30(22)16-11-31-12-16)28-8-7-23-18(28)15-5-3-2-4-6-15/h2-8,10,13-14,16H,9,11-12H2,1H3/t14-,22-/m0/s1. The Morgan fingerprint density at radius 3 is 2.68 bits per heavy atom. The van der Waals surface area contributed by atoms with Crippen molar-refractivity contribution in [1.29, 1.82) is 0 Å². The van der Waals surface area contributed by atoms with E-state index in [1.54, 1.807) is 12.5 Å². The smallest absolute Gasteiger partial charge is 0.237 e. The van der Waals surface area contributed by atoms with Crippen LogP contribution in [0.4, 0.5) is 5.82 Å². The molecule has 2 atom stereocenters. The second-order valence-electron chi connectivity index (χ2n) is 8.48. The maximum atomic E-state index is 5.57. The van der Waals surface area contributed by atoms with E-state index in [1.165, 1.54) is 0 Å². The van der Waals surface area contributed by atoms with E-state index in [2.05, 4.69) is 27.0 Å². The summed E-state index contributed by atoms with van der Waals surface area (Å²) in [6, 6.07) is 10.4. The molecule has 2 fully saturated rings. The molecule has 1 saturated carbocycles. The van der Waals surface area contributed by atoms with Crippen molar-refractivity contribution in [2.75, 3.05) is 18.1 Å². The maximum Gasteiger partial charge on any atom is 0.237 e. The first-order valence-corrected chi connectivity index (χ1v) is 10.5. The topological polar surface area (TPSA) is 86.8 Å². The first kappa shape index (κ1) is 17.1. The fraction of sp³-hybridized carbons (Fsp3) is 0.318. The number of anilines is 1. The molecular weight excluding hydrogens is 392 g/mol. The molecule has 3 aromatic heterocycles. The van der Waals surface area contributed by atoms with Gasteiger partial charge in [-0.1, -0.05) is 37.3 Å². The number of imidazole rings is 1. The highest BCUT2D eigenvalue weighted by molar-refractivity contribution is 5.67. The fourth-order valence-electron chi connectivity index (χ4n) is 5.02. The van der Waals surface area contributed by atoms with E-state index in [0.717, 1.165) is 35.1 Å². The van der Waals surface area contributed by atoms with Crippen molar-refractivity contribution in [2.24, 2.45) is 5.92 Å². The van der Waals surface area contributed by atoms with Crippen molar-refractivity contribution < 1.29 is 4.74 Å². The van der Waals surface area contributed by atoms with Gasteiger partial charge in [0.05, 0.1) is 25.5 Å². The van der Waals surface area contributed by atoms with Gasteiger partial charge in [0.15, 0.2) is 11.6 Å². The van der Waals surface area contributed by atoms with Gasteiger partial charge >= 0.3 is 0 Å². The van der Waals surface area contributed by atoms with Gasteiger partial charge in [0.25, 0.3) is 0 Å². The van der Waals surface area contributed by atoms with Crippen LogP contribution in [-0.4, -0.2) is 53.5 Å². The normalized spacial score (nSPS) is 24.0. The van der Waals surface area contributed by atoms with Crippen LogP contribution in [0, 0.1) is 5.92 Å². The van der Waals surface area contributed by atoms with Crippen LogP contribution in [0.1, 0.15) is 19.2 Å². The quantitative estimate of drug-likeness (QED) is 0.510. The molecule has 0 bridgehead atoms. The number of rotatable bonds is 3. The van der Waals surface area contributed by atoms with Crippen LogP contribution >= 0.6 is 0 Å². The molecular formula is C22H20N8O. The van der Waals surface area contributed by atoms with Crippen molar-refractivity contribution in [3.63, 3.8) is 0 Å². The summed E-state index contributed by atoms with van der Waals surface area (Å²) in [7, 11) is 0. The van der Waals surface area contributed by atoms with E-state index in [0.29, 0.717) is 25.1 Å². The molecule has 1 saturated heterocycles. The van der Waals surface area contributed by atoms with Gasteiger partial charge in [0.2, 0.25) is 5.95 Å². The highest BCUT2D eigenvalue weighted by Gasteiger charge is 2.65. The molecule has 0 N–H and O–H groups in total. The summed E-state index contributed by atoms with van der Waals surface area (Å²) in [6.07, 6.45) is 8.35. The number of hydrogen-bond donors (Lipinski definition) is 0. The molecule has 2 aliphatic heterocycles. The van der Waals surface area contributed by atoms with Gasteiger partial charge in [-0.05, 0) is 12.3 Å². The Morgan fingerprint density at radius 2 is 1.94 bits per heavy atom. The number of nitrogens with zero attached hydrogens (tertiary/aromatic N) is 8. The zero-order valence-electron chi connectivity index (χ0n) is 17.0. The predicted octanol–water partition coefficient (Wildman–Crippen LogP) is 2.36. The van der Waals surface area contributed by atoms with Crippen molar-refractivity contribution in [1.82, 2.24) is 34.3 Å². The van der Waals surface area contributed by atoms with Gasteiger partial charge in [0.1, 0.15) is 23.4 Å². The Labute approximate surface area is 178 Å². The minimum atomic E-state index is -0.180. The Morgan fingerprint density at radius 1 is 1.10 bits per heavy atom. The van der Waals surface area contributed by atoms with E-state index in [-0.39, 0.29) is 11.6 Å². The fourth-order valence-corrected chi connectivity index (χ4v) is 5.02. The highest BCUT2D eigenvalue weighted by Crippen LogP contribution is 2.60. The zero-order valence-corrected chi connectivity index (χ0v) is 17.0. The monoisotopic (exact) mass is 412 g/mol. The third-order valence-electron chi connectivity index (χ3n) is 6.74. The zero-order chi connectivity index (χ0) is 20.6. The number of fused-ring (bicyclic) bond motifs is 4. The Hall–Kier alpha value is -3.59. The van der Waals surface area contributed by atoms with E-state index in [4.69, 9.17) is 14.7 Å². The maximum absolute atomic E-state index is 5.57. The molecule has 9 nitrogen and oxygen atoms in total. The van der Waals surface area contributed by atoms with Gasteiger partial charge in [-0.3, -0.25) is 9.13 Å². The lowest BCUT2D eigenvalue weighted by molar-refractivity contribution is 0.00153. The number of hydrogen-bond acceptors (Lipinski definition) is 7. The second kappa shape index (κ2) is 5.98. The van der Waals surface area contributed by atoms with Crippen LogP contribution in [0.15, 0.2) is 55.2 Å². The van der Waals surface area contributed by atoms with Crippen LogP contribution in [0.5, 0.6) is 0 Å². The second-order valence-corrected chi connectivity index (χ2v) is 8.48. The molecule has 1 aromatic carbocycles. The van der Waals surface area contributed by atoms with Gasteiger partial charge in [-0.25, -0.2) is 9.97 Å². The van der Waals surface area contributed by atoms with Gasteiger partial charge in [-0.2, -0.15) is 4.98 Å². The summed E-state index contributed by atoms with van der Waals surface area (Å²) >= 11 is 0. The van der Waals surface area contributed by atoms with Crippen molar-refractivity contribution in [3.8, 4) is 23.0 Å². The largest absolute Gasteiger partial charge is 0.377 e. The molecule has 5 heterocycles. The average molecular weight is 412 g/mol. The molecule has 9 heteroatoms. The molecule has 0 unspecified atom stereocenters. The molecule has 3 aliphatic rings. The van der Waals surface area contributed by atoms with Gasteiger partial charge in [0, 0.05) is 18.0 Å². The average Bonchev–Trinajstić information content (AvgIpc) is 3.18. The van der Waals surface area contributed by atoms with Gasteiger partial charge in [-0.15, -0.1) is 10.2 Å². The highest BCUT2D eigenvalue weighted by atomic mass is 16.5. The molecule has 0 amide bonds. The molecule has 7 rings (SSSR count). The third kappa shape index (κ3) is 2.21. The molecule has 4 aromatic rings. The molecule has 1 aliphatic carbocycles. The predicted molar refractivity (Wildman–Crippen MR) is 112 cm³/mol. The first-order chi connectivity index (χ1) is 15.3. The van der Waals surface area contributed by atoms with E-state index < -0.39 is 0 Å². The minimum Gasteiger partial charge on any atom is -0.377 e. The van der Waals surface area contributed by atoms with Crippen molar-refractivity contribution in [3.05, 3.63) is 61.1 Å². The van der Waals surface area contributed by atoms with Crippen LogP contribution in [0.2, 0.25) is 0 Å². The van der Waals surface area contributed by atoms with Crippen molar-refractivity contribution >= 4 is 5.82 Å². The summed E-state index contributed by atoms with van der Waals surface area (Å²) in [4.78, 5) is 16.8. The van der Waals surface area contributed by atoms with Gasteiger partial charge < -0.3 is 9.64 Å². The van der Waals surface area contributed by atoms with E-state index in [9.17, 15) is 0 Å². The summed E-state index contributed by atoms with van der Waals surface area (Å²) in [5.74, 6) is 3.76. The summed E-state index contributed by atoms with van der Waals surface area (Å²) in [6.45, 7) is 3.66. The number of aromatic nitrogens is 7. The Balaban J connectivity index is 1.42. The van der Waals surface area contributed by atoms with E-state index >= 15 is 0 Å². The Kier molecular flexibility index (Phi) is 3.30. The van der Waals surface area contributed by atoms with Crippen LogP contribution in [0.25, 0.3) is 23.0 Å². The van der Waals surface area contributed by atoms with Crippen LogP contribution in [-0.2, 0) is 10.3 Å². The minimum absolute atomic E-state index is 0.180. The lowest BCUT2D eigenvalue weighted by atomic mass is 10.0. The van der Waals surface area contributed by atoms with E-state index in [1.807, 2.05) is 51.9 Å². The third-order valence-corrected chi connectivity index (χ3v) is 6.74. The number of ether oxygens (including phenoxy) is 1. The molecule has 0 radical (unpaired) electrons. The SMILES string of the molecule is C[C@H]1C[C@@]12c1nncn1-c1cnc(-n3ccnc3-c3ccccc3)nc1N2C1COC1. The molecule has 1 spiro atoms. The lowest BCUT2D eigenvalue weighted by Crippen LogP contribution is -2.57. The number of benzene rings is 1. The molecule has 154 valence electrons. The summed E-state index contributed by atoms with van der Waals surface area (Å²) in [5.41, 5.74) is 1.74. The molecule has 31 heavy (non-hydrogen) atoms.